The molecule has 1 heterocycles. The summed E-state index contributed by atoms with van der Waals surface area (Å²) in [5.41, 5.74) is 7.31. The lowest BCUT2D eigenvalue weighted by Gasteiger charge is -2.23. The van der Waals surface area contributed by atoms with Crippen molar-refractivity contribution < 1.29 is 13.9 Å². The zero-order valence-corrected chi connectivity index (χ0v) is 18.7. The van der Waals surface area contributed by atoms with Gasteiger partial charge in [-0.3, -0.25) is 0 Å². The summed E-state index contributed by atoms with van der Waals surface area (Å²) < 4.78 is 32.5. The normalized spacial score (nSPS) is 17.3. The van der Waals surface area contributed by atoms with Gasteiger partial charge < -0.3 is 26.4 Å². The van der Waals surface area contributed by atoms with Crippen molar-refractivity contribution in [1.29, 1.82) is 0 Å². The summed E-state index contributed by atoms with van der Waals surface area (Å²) in [5, 5.41) is 15.8. The summed E-state index contributed by atoms with van der Waals surface area (Å²) in [6.45, 7) is 2.98. The molecule has 1 fully saturated rings. The predicted molar refractivity (Wildman–Crippen MR) is 125 cm³/mol. The molecule has 5 N–H and O–H groups in total. The van der Waals surface area contributed by atoms with Gasteiger partial charge in [-0.15, -0.1) is 0 Å². The summed E-state index contributed by atoms with van der Waals surface area (Å²) in [6, 6.07) is 7.45. The Morgan fingerprint density at radius 1 is 1.32 bits per heavy atom. The van der Waals surface area contributed by atoms with Crippen LogP contribution in [-0.4, -0.2) is 37.1 Å². The monoisotopic (exact) mass is 467 g/mol. The number of anilines is 3. The van der Waals surface area contributed by atoms with Crippen LogP contribution in [0.1, 0.15) is 13.3 Å². The quantitative estimate of drug-likeness (QED) is 0.199. The Hall–Kier alpha value is -2.49. The molecule has 31 heavy (non-hydrogen) atoms. The summed E-state index contributed by atoms with van der Waals surface area (Å²) in [6.07, 6.45) is 2.21. The third kappa shape index (κ3) is 6.03. The van der Waals surface area contributed by atoms with Gasteiger partial charge in [0, 0.05) is 43.2 Å². The number of allylic oxidation sites excluding steroid dienone is 1. The first-order valence-electron chi connectivity index (χ1n) is 9.62. The third-order valence-corrected chi connectivity index (χ3v) is 5.92. The molecular formula is C21H24ClF2N5OS. The van der Waals surface area contributed by atoms with Gasteiger partial charge in [0.2, 0.25) is 0 Å². The molecule has 0 bridgehead atoms. The minimum absolute atomic E-state index is 0.00551. The molecule has 6 nitrogen and oxygen atoms in total. The number of nitrogens with one attached hydrogen (secondary N) is 2. The van der Waals surface area contributed by atoms with Gasteiger partial charge in [-0.05, 0) is 44.7 Å². The predicted octanol–water partition coefficient (Wildman–Crippen LogP) is 4.99. The van der Waals surface area contributed by atoms with E-state index in [9.17, 15) is 13.9 Å². The highest BCUT2D eigenvalue weighted by Gasteiger charge is 2.24. The van der Waals surface area contributed by atoms with E-state index in [1.54, 1.807) is 6.07 Å². The fourth-order valence-electron chi connectivity index (χ4n) is 3.27. The first kappa shape index (κ1) is 23.2. The van der Waals surface area contributed by atoms with Crippen molar-refractivity contribution in [3.05, 3.63) is 58.8 Å². The van der Waals surface area contributed by atoms with Gasteiger partial charge in [-0.2, -0.15) is 4.40 Å². The molecule has 10 heteroatoms. The lowest BCUT2D eigenvalue weighted by atomic mass is 10.2. The number of halogens is 3. The van der Waals surface area contributed by atoms with E-state index in [0.29, 0.717) is 23.1 Å². The van der Waals surface area contributed by atoms with Gasteiger partial charge >= 0.3 is 0 Å². The topological polar surface area (TPSA) is 85.9 Å². The van der Waals surface area contributed by atoms with Gasteiger partial charge in [-0.1, -0.05) is 11.6 Å². The molecule has 0 aromatic heterocycles. The number of benzene rings is 2. The van der Waals surface area contributed by atoms with Gasteiger partial charge in [-0.25, -0.2) is 8.78 Å². The van der Waals surface area contributed by atoms with Crippen LogP contribution in [0.4, 0.5) is 25.8 Å². The van der Waals surface area contributed by atoms with E-state index in [4.69, 9.17) is 17.3 Å². The Balaban J connectivity index is 1.84. The SMILES string of the molecule is CNC1CCN(c2cc(F)ccc2Nc2cc(F)c(S/N=C(N)\C=C(\C)O)cc2Cl)C1. The largest absolute Gasteiger partial charge is 0.512 e. The lowest BCUT2D eigenvalue weighted by molar-refractivity contribution is 0.415. The molecule has 1 aliphatic rings. The van der Waals surface area contributed by atoms with Crippen LogP contribution in [-0.2, 0) is 0 Å². The van der Waals surface area contributed by atoms with E-state index in [2.05, 4.69) is 19.9 Å². The summed E-state index contributed by atoms with van der Waals surface area (Å²) in [7, 11) is 1.90. The molecule has 1 aliphatic heterocycles. The van der Waals surface area contributed by atoms with E-state index < -0.39 is 5.82 Å². The number of likely N-dealkylation sites (N-methyl/N-ethyl adjacent to an activating group) is 1. The maximum atomic E-state index is 14.6. The number of nitrogens with two attached hydrogens (primary N) is 1. The van der Waals surface area contributed by atoms with Crippen LogP contribution in [0.3, 0.4) is 0 Å². The highest BCUT2D eigenvalue weighted by Crippen LogP contribution is 2.37. The highest BCUT2D eigenvalue weighted by atomic mass is 35.5. The summed E-state index contributed by atoms with van der Waals surface area (Å²) >= 11 is 7.18. The van der Waals surface area contributed by atoms with Crippen LogP contribution >= 0.6 is 23.5 Å². The van der Waals surface area contributed by atoms with Crippen molar-refractivity contribution in [2.75, 3.05) is 30.4 Å². The number of aliphatic hydroxyl groups excluding tert-OH is 1. The number of amidine groups is 1. The van der Waals surface area contributed by atoms with Crippen molar-refractivity contribution in [2.24, 2.45) is 10.1 Å². The summed E-state index contributed by atoms with van der Waals surface area (Å²) in [4.78, 5) is 2.26. The number of aliphatic hydroxyl groups is 1. The van der Waals surface area contributed by atoms with E-state index >= 15 is 0 Å². The van der Waals surface area contributed by atoms with E-state index in [-0.39, 0.29) is 27.3 Å². The Morgan fingerprint density at radius 2 is 2.10 bits per heavy atom. The Morgan fingerprint density at radius 3 is 2.77 bits per heavy atom. The van der Waals surface area contributed by atoms with Crippen molar-refractivity contribution in [3.8, 4) is 0 Å². The second-order valence-corrected chi connectivity index (χ2v) is 8.37. The second-order valence-electron chi connectivity index (χ2n) is 7.16. The Bertz CT molecular complexity index is 1010. The molecule has 0 radical (unpaired) electrons. The average Bonchev–Trinajstić information content (AvgIpc) is 3.19. The molecule has 166 valence electrons. The molecule has 2 aromatic carbocycles. The number of rotatable bonds is 7. The maximum Gasteiger partial charge on any atom is 0.140 e. The average molecular weight is 468 g/mol. The van der Waals surface area contributed by atoms with Crippen molar-refractivity contribution in [1.82, 2.24) is 5.32 Å². The molecule has 2 aromatic rings. The Kier molecular flexibility index (Phi) is 7.64. The minimum atomic E-state index is -0.543. The first-order chi connectivity index (χ1) is 14.8. The van der Waals surface area contributed by atoms with Gasteiger partial charge in [0.15, 0.2) is 0 Å². The van der Waals surface area contributed by atoms with Crippen LogP contribution in [0.25, 0.3) is 0 Å². The zero-order valence-electron chi connectivity index (χ0n) is 17.1. The van der Waals surface area contributed by atoms with E-state index in [0.717, 1.165) is 31.5 Å². The molecule has 1 atom stereocenters. The molecule has 1 saturated heterocycles. The fourth-order valence-corrected chi connectivity index (χ4v) is 4.12. The number of nitrogens with zero attached hydrogens (tertiary/aromatic N) is 2. The standard InChI is InChI=1S/C21H24ClF2N5OS/c1-12(30)7-21(25)28-31-20-9-15(22)18(10-16(20)24)27-17-4-3-13(23)8-19(17)29-6-5-14(11-29)26-2/h3-4,7-10,14,26-27,30H,5-6,11H2,1-2H3,(H2,25,28)/b12-7-. The molecule has 3 rings (SSSR count). The van der Waals surface area contributed by atoms with Crippen LogP contribution in [0.15, 0.2) is 51.5 Å². The van der Waals surface area contributed by atoms with Gasteiger partial charge in [0.1, 0.15) is 17.5 Å². The highest BCUT2D eigenvalue weighted by molar-refractivity contribution is 7.98. The molecule has 0 saturated carbocycles. The number of hydrogen-bond acceptors (Lipinski definition) is 6. The van der Waals surface area contributed by atoms with E-state index in [1.807, 2.05) is 7.05 Å². The van der Waals surface area contributed by atoms with Gasteiger partial charge in [0.05, 0.1) is 32.7 Å². The molecule has 0 amide bonds. The maximum absolute atomic E-state index is 14.6. The van der Waals surface area contributed by atoms with Crippen LogP contribution in [0, 0.1) is 11.6 Å². The lowest BCUT2D eigenvalue weighted by Crippen LogP contribution is -2.29. The molecule has 0 aliphatic carbocycles. The van der Waals surface area contributed by atoms with Crippen LogP contribution < -0.4 is 21.3 Å². The van der Waals surface area contributed by atoms with Gasteiger partial charge in [0.25, 0.3) is 0 Å². The number of hydrogen-bond donors (Lipinski definition) is 4. The second kappa shape index (κ2) is 10.2. The fraction of sp³-hybridized carbons (Fsp3) is 0.286. The molecular weight excluding hydrogens is 444 g/mol. The molecule has 1 unspecified atom stereocenters. The zero-order chi connectivity index (χ0) is 22.5. The summed E-state index contributed by atoms with van der Waals surface area (Å²) in [5.74, 6) is -0.850. The molecule has 0 spiro atoms. The van der Waals surface area contributed by atoms with E-state index in [1.165, 1.54) is 37.3 Å². The van der Waals surface area contributed by atoms with Crippen LogP contribution in [0.5, 0.6) is 0 Å². The first-order valence-corrected chi connectivity index (χ1v) is 10.8. The third-order valence-electron chi connectivity index (χ3n) is 4.79. The smallest absolute Gasteiger partial charge is 0.140 e. The minimum Gasteiger partial charge on any atom is -0.512 e. The van der Waals surface area contributed by atoms with Crippen molar-refractivity contribution >= 4 is 46.4 Å². The van der Waals surface area contributed by atoms with Crippen LogP contribution in [0.2, 0.25) is 5.02 Å². The van der Waals surface area contributed by atoms with Crippen molar-refractivity contribution in [2.45, 2.75) is 24.3 Å². The Labute approximate surface area is 189 Å². The van der Waals surface area contributed by atoms with Crippen molar-refractivity contribution in [3.63, 3.8) is 0 Å².